The third-order valence-corrected chi connectivity index (χ3v) is 5.45. The standard InChI is InChI=1S/C24H34N6O10/c1-11(2)20(23(38)27-10-18(33)28-16(24(39)40)9-17(26)32)30-22(37)15(7-12-3-5-13(31)6-4-12)29-21(36)14(25)8-19(34)35/h3-6,11,14-16,20,31H,7-10,25H2,1-2H3,(H2,26,32)(H,27,38)(H,28,33)(H,29,36)(H,30,37)(H,34,35)(H,39,40)/t14-,15-,16-,20-/m0/s1. The van der Waals surface area contributed by atoms with Crippen molar-refractivity contribution in [1.29, 1.82) is 0 Å². The van der Waals surface area contributed by atoms with E-state index in [9.17, 15) is 38.7 Å². The molecule has 0 aliphatic heterocycles. The first kappa shape index (κ1) is 33.3. The van der Waals surface area contributed by atoms with E-state index in [1.54, 1.807) is 13.8 Å². The number of aromatic hydroxyl groups is 1. The minimum Gasteiger partial charge on any atom is -0.508 e. The highest BCUT2D eigenvalue weighted by Crippen LogP contribution is 2.12. The van der Waals surface area contributed by atoms with Gasteiger partial charge in [-0.1, -0.05) is 26.0 Å². The van der Waals surface area contributed by atoms with E-state index in [1.165, 1.54) is 24.3 Å². The van der Waals surface area contributed by atoms with Crippen molar-refractivity contribution in [2.24, 2.45) is 17.4 Å². The van der Waals surface area contributed by atoms with E-state index in [-0.39, 0.29) is 12.2 Å². The lowest BCUT2D eigenvalue weighted by molar-refractivity contribution is -0.143. The molecule has 0 bridgehead atoms. The lowest BCUT2D eigenvalue weighted by Crippen LogP contribution is -2.58. The molecule has 1 aromatic carbocycles. The number of nitrogens with two attached hydrogens (primary N) is 2. The van der Waals surface area contributed by atoms with Gasteiger partial charge in [-0.15, -0.1) is 0 Å². The van der Waals surface area contributed by atoms with E-state index >= 15 is 0 Å². The normalized spacial score (nSPS) is 13.7. The van der Waals surface area contributed by atoms with Crippen molar-refractivity contribution in [2.45, 2.75) is 57.3 Å². The van der Waals surface area contributed by atoms with Crippen LogP contribution in [0.4, 0.5) is 0 Å². The molecule has 16 nitrogen and oxygen atoms in total. The Kier molecular flexibility index (Phi) is 13.0. The van der Waals surface area contributed by atoms with Crippen molar-refractivity contribution in [2.75, 3.05) is 6.54 Å². The number of amides is 5. The lowest BCUT2D eigenvalue weighted by atomic mass is 10.0. The maximum Gasteiger partial charge on any atom is 0.326 e. The molecular weight excluding hydrogens is 532 g/mol. The van der Waals surface area contributed by atoms with E-state index in [4.69, 9.17) is 21.7 Å². The number of aliphatic carboxylic acids is 2. The zero-order valence-corrected chi connectivity index (χ0v) is 21.9. The number of carboxylic acid groups (broad SMARTS) is 2. The average Bonchev–Trinajstić information content (AvgIpc) is 2.85. The maximum atomic E-state index is 13.2. The second-order valence-electron chi connectivity index (χ2n) is 9.21. The van der Waals surface area contributed by atoms with Gasteiger partial charge in [0.25, 0.3) is 0 Å². The van der Waals surface area contributed by atoms with Crippen LogP contribution in [0.2, 0.25) is 0 Å². The van der Waals surface area contributed by atoms with Crippen LogP contribution in [0.25, 0.3) is 0 Å². The number of hydrogen-bond donors (Lipinski definition) is 9. The highest BCUT2D eigenvalue weighted by atomic mass is 16.4. The quantitative estimate of drug-likeness (QED) is 0.0967. The predicted molar refractivity (Wildman–Crippen MR) is 137 cm³/mol. The number of benzene rings is 1. The number of phenolic OH excluding ortho intramolecular Hbond substituents is 1. The van der Waals surface area contributed by atoms with Crippen LogP contribution in [0.5, 0.6) is 5.75 Å². The molecule has 0 fully saturated rings. The Morgan fingerprint density at radius 2 is 1.43 bits per heavy atom. The van der Waals surface area contributed by atoms with E-state index in [0.717, 1.165) is 0 Å². The Labute approximate surface area is 228 Å². The molecule has 1 rings (SSSR count). The molecule has 0 heterocycles. The van der Waals surface area contributed by atoms with Gasteiger partial charge in [-0.2, -0.15) is 0 Å². The summed E-state index contributed by atoms with van der Waals surface area (Å²) in [5.74, 6) is -7.84. The average molecular weight is 567 g/mol. The fourth-order valence-corrected chi connectivity index (χ4v) is 3.35. The topological polar surface area (TPSA) is 280 Å². The van der Waals surface area contributed by atoms with Crippen LogP contribution < -0.4 is 32.7 Å². The number of carbonyl (C=O) groups excluding carboxylic acids is 5. The van der Waals surface area contributed by atoms with E-state index in [1.807, 2.05) is 5.32 Å². The largest absolute Gasteiger partial charge is 0.508 e. The Morgan fingerprint density at radius 1 is 0.825 bits per heavy atom. The first-order valence-electron chi connectivity index (χ1n) is 12.0. The fourth-order valence-electron chi connectivity index (χ4n) is 3.35. The molecule has 0 aromatic heterocycles. The molecule has 0 saturated heterocycles. The van der Waals surface area contributed by atoms with E-state index in [0.29, 0.717) is 5.56 Å². The zero-order valence-electron chi connectivity index (χ0n) is 21.9. The van der Waals surface area contributed by atoms with E-state index in [2.05, 4.69) is 16.0 Å². The van der Waals surface area contributed by atoms with Crippen LogP contribution in [0.1, 0.15) is 32.3 Å². The monoisotopic (exact) mass is 566 g/mol. The van der Waals surface area contributed by atoms with Crippen molar-refractivity contribution < 1.29 is 48.9 Å². The molecular formula is C24H34N6O10. The molecule has 220 valence electrons. The molecule has 40 heavy (non-hydrogen) atoms. The van der Waals surface area contributed by atoms with Crippen LogP contribution in [-0.4, -0.2) is 87.5 Å². The van der Waals surface area contributed by atoms with Crippen molar-refractivity contribution in [1.82, 2.24) is 21.3 Å². The second kappa shape index (κ2) is 15.6. The lowest BCUT2D eigenvalue weighted by Gasteiger charge is -2.26. The number of nitrogens with one attached hydrogen (secondary N) is 4. The summed E-state index contributed by atoms with van der Waals surface area (Å²) in [5, 5.41) is 36.7. The van der Waals surface area contributed by atoms with Gasteiger partial charge in [0.15, 0.2) is 0 Å². The predicted octanol–water partition coefficient (Wildman–Crippen LogP) is -3.08. The van der Waals surface area contributed by atoms with Crippen molar-refractivity contribution >= 4 is 41.5 Å². The number of primary amides is 1. The third kappa shape index (κ3) is 11.8. The van der Waals surface area contributed by atoms with Crippen LogP contribution in [0.3, 0.4) is 0 Å². The van der Waals surface area contributed by atoms with Crippen molar-refractivity contribution in [3.05, 3.63) is 29.8 Å². The van der Waals surface area contributed by atoms with Crippen LogP contribution in [-0.2, 0) is 40.0 Å². The van der Waals surface area contributed by atoms with Gasteiger partial charge in [0.1, 0.15) is 23.9 Å². The number of carboxylic acids is 2. The van der Waals surface area contributed by atoms with Crippen LogP contribution in [0, 0.1) is 5.92 Å². The van der Waals surface area contributed by atoms with Crippen LogP contribution in [0.15, 0.2) is 24.3 Å². The molecule has 4 atom stereocenters. The Hall–Kier alpha value is -4.73. The summed E-state index contributed by atoms with van der Waals surface area (Å²) in [4.78, 5) is 83.6. The Bertz CT molecular complexity index is 1110. The maximum absolute atomic E-state index is 13.2. The Morgan fingerprint density at radius 3 is 1.93 bits per heavy atom. The number of hydrogen-bond acceptors (Lipinski definition) is 9. The molecule has 0 unspecified atom stereocenters. The summed E-state index contributed by atoms with van der Waals surface area (Å²) in [6.07, 6.45) is -1.46. The number of rotatable bonds is 16. The summed E-state index contributed by atoms with van der Waals surface area (Å²) < 4.78 is 0. The molecule has 11 N–H and O–H groups in total. The van der Waals surface area contributed by atoms with E-state index < -0.39 is 90.9 Å². The fraction of sp³-hybridized carbons (Fsp3) is 0.458. The van der Waals surface area contributed by atoms with Crippen molar-refractivity contribution in [3.63, 3.8) is 0 Å². The highest BCUT2D eigenvalue weighted by molar-refractivity contribution is 5.95. The molecule has 1 aromatic rings. The highest BCUT2D eigenvalue weighted by Gasteiger charge is 2.31. The zero-order chi connectivity index (χ0) is 30.6. The van der Waals surface area contributed by atoms with Gasteiger partial charge >= 0.3 is 11.9 Å². The van der Waals surface area contributed by atoms with Gasteiger partial charge in [-0.25, -0.2) is 4.79 Å². The summed E-state index contributed by atoms with van der Waals surface area (Å²) in [5.41, 5.74) is 11.1. The number of phenols is 1. The van der Waals surface area contributed by atoms with Gasteiger partial charge in [-0.05, 0) is 23.6 Å². The smallest absolute Gasteiger partial charge is 0.326 e. The molecule has 16 heteroatoms. The SMILES string of the molecule is CC(C)[C@H](NC(=O)[C@H](Cc1ccc(O)cc1)NC(=O)[C@@H](N)CC(=O)O)C(=O)NCC(=O)N[C@@H](CC(N)=O)C(=O)O. The minimum atomic E-state index is -1.60. The summed E-state index contributed by atoms with van der Waals surface area (Å²) in [6, 6.07) is 0.123. The van der Waals surface area contributed by atoms with Gasteiger partial charge in [-0.3, -0.25) is 28.8 Å². The Balaban J connectivity index is 2.98. The summed E-state index contributed by atoms with van der Waals surface area (Å²) >= 11 is 0. The molecule has 0 aliphatic rings. The van der Waals surface area contributed by atoms with Gasteiger partial charge < -0.3 is 48.1 Å². The minimum absolute atomic E-state index is 0.0397. The second-order valence-corrected chi connectivity index (χ2v) is 9.21. The third-order valence-electron chi connectivity index (χ3n) is 5.45. The van der Waals surface area contributed by atoms with Crippen molar-refractivity contribution in [3.8, 4) is 5.75 Å². The first-order valence-corrected chi connectivity index (χ1v) is 12.0. The summed E-state index contributed by atoms with van der Waals surface area (Å²) in [6.45, 7) is 2.50. The molecule has 0 spiro atoms. The molecule has 0 aliphatic carbocycles. The van der Waals surface area contributed by atoms with Gasteiger partial charge in [0, 0.05) is 6.42 Å². The molecule has 5 amide bonds. The molecule has 0 radical (unpaired) electrons. The first-order chi connectivity index (χ1) is 18.6. The number of carbonyl (C=O) groups is 7. The van der Waals surface area contributed by atoms with Crippen LogP contribution >= 0.6 is 0 Å². The van der Waals surface area contributed by atoms with Gasteiger partial charge in [0.2, 0.25) is 29.5 Å². The van der Waals surface area contributed by atoms with Gasteiger partial charge in [0.05, 0.1) is 25.4 Å². The summed E-state index contributed by atoms with van der Waals surface area (Å²) in [7, 11) is 0. The molecule has 0 saturated carbocycles.